The number of hydrogen-bond acceptors (Lipinski definition) is 4. The Morgan fingerprint density at radius 3 is 2.69 bits per heavy atom. The van der Waals surface area contributed by atoms with Gasteiger partial charge in [-0.2, -0.15) is 0 Å². The third kappa shape index (κ3) is 1.85. The molecule has 0 saturated heterocycles. The first kappa shape index (κ1) is 11.2. The van der Waals surface area contributed by atoms with Gasteiger partial charge >= 0.3 is 5.97 Å². The molecule has 0 aliphatic heterocycles. The number of esters is 1. The van der Waals surface area contributed by atoms with Gasteiger partial charge in [0.15, 0.2) is 0 Å². The molecule has 1 fully saturated rings. The molecular weight excluding hydrogens is 230 g/mol. The van der Waals surface area contributed by atoms with Gasteiger partial charge in [-0.1, -0.05) is 11.6 Å². The van der Waals surface area contributed by atoms with Crippen LogP contribution >= 0.6 is 11.6 Å². The lowest BCUT2D eigenvalue weighted by Crippen LogP contribution is -2.09. The molecule has 0 radical (unpaired) electrons. The predicted octanol–water partition coefficient (Wildman–Crippen LogP) is 2.41. The maximum atomic E-state index is 11.7. The monoisotopic (exact) mass is 241 g/mol. The smallest absolute Gasteiger partial charge is 0.339 e. The second kappa shape index (κ2) is 4.29. The number of halogens is 1. The summed E-state index contributed by atoms with van der Waals surface area (Å²) in [5.41, 5.74) is 1.17. The molecule has 86 valence electrons. The summed E-state index contributed by atoms with van der Waals surface area (Å²) >= 11 is 5.98. The van der Waals surface area contributed by atoms with Gasteiger partial charge in [0.1, 0.15) is 0 Å². The molecule has 0 aromatic carbocycles. The molecule has 0 N–H and O–H groups in total. The highest BCUT2D eigenvalue weighted by Gasteiger charge is 2.34. The number of ether oxygens (including phenoxy) is 2. The van der Waals surface area contributed by atoms with E-state index in [0.717, 1.165) is 18.4 Å². The molecule has 4 nitrogen and oxygen atoms in total. The fraction of sp³-hybridized carbons (Fsp3) is 0.455. The van der Waals surface area contributed by atoms with Crippen molar-refractivity contribution in [2.75, 3.05) is 14.2 Å². The summed E-state index contributed by atoms with van der Waals surface area (Å²) in [5.74, 6) is 0.343. The topological polar surface area (TPSA) is 48.4 Å². The number of rotatable bonds is 3. The summed E-state index contributed by atoms with van der Waals surface area (Å²) in [6, 6.07) is 0. The Bertz CT molecular complexity index is 429. The van der Waals surface area contributed by atoms with Crippen molar-refractivity contribution in [3.05, 3.63) is 22.3 Å². The molecular formula is C11H12ClNO3. The first-order valence-electron chi connectivity index (χ1n) is 4.99. The number of hydrogen-bond donors (Lipinski definition) is 0. The van der Waals surface area contributed by atoms with E-state index in [-0.39, 0.29) is 0 Å². The van der Waals surface area contributed by atoms with Crippen molar-refractivity contribution in [2.24, 2.45) is 0 Å². The van der Waals surface area contributed by atoms with Gasteiger partial charge in [-0.15, -0.1) is 0 Å². The van der Waals surface area contributed by atoms with Crippen molar-refractivity contribution < 1.29 is 14.3 Å². The number of carbonyl (C=O) groups is 1. The van der Waals surface area contributed by atoms with Crippen LogP contribution in [0, 0.1) is 0 Å². The van der Waals surface area contributed by atoms with Crippen LogP contribution in [0.3, 0.4) is 0 Å². The van der Waals surface area contributed by atoms with E-state index in [1.165, 1.54) is 20.4 Å². The molecule has 2 rings (SSSR count). The van der Waals surface area contributed by atoms with Crippen LogP contribution in [0.2, 0.25) is 5.02 Å². The van der Waals surface area contributed by atoms with Crippen LogP contribution < -0.4 is 4.74 Å². The maximum absolute atomic E-state index is 11.7. The molecule has 1 saturated carbocycles. The normalized spacial score (nSPS) is 14.7. The summed E-state index contributed by atoms with van der Waals surface area (Å²) < 4.78 is 9.89. The van der Waals surface area contributed by atoms with Crippen molar-refractivity contribution in [3.8, 4) is 5.88 Å². The van der Waals surface area contributed by atoms with E-state index in [9.17, 15) is 4.79 Å². The van der Waals surface area contributed by atoms with E-state index >= 15 is 0 Å². The lowest BCUT2D eigenvalue weighted by molar-refractivity contribution is 0.0599. The van der Waals surface area contributed by atoms with E-state index in [1.54, 1.807) is 0 Å². The van der Waals surface area contributed by atoms with Gasteiger partial charge < -0.3 is 9.47 Å². The molecule has 1 aliphatic rings. The minimum atomic E-state index is -0.437. The Balaban J connectivity index is 2.58. The van der Waals surface area contributed by atoms with Gasteiger partial charge in [0.25, 0.3) is 0 Å². The first-order chi connectivity index (χ1) is 7.69. The van der Waals surface area contributed by atoms with Crippen LogP contribution in [0.1, 0.15) is 34.7 Å². The van der Waals surface area contributed by atoms with Crippen LogP contribution in [0.25, 0.3) is 0 Å². The molecule has 0 amide bonds. The van der Waals surface area contributed by atoms with E-state index in [4.69, 9.17) is 21.1 Å². The zero-order chi connectivity index (χ0) is 11.7. The zero-order valence-corrected chi connectivity index (χ0v) is 9.87. The fourth-order valence-corrected chi connectivity index (χ4v) is 1.94. The number of pyridine rings is 1. The van der Waals surface area contributed by atoms with Crippen molar-refractivity contribution in [1.82, 2.24) is 4.98 Å². The largest absolute Gasteiger partial charge is 0.481 e. The summed E-state index contributed by atoms with van der Waals surface area (Å²) in [6.45, 7) is 0. The number of carbonyl (C=O) groups excluding carboxylic acids is 1. The quantitative estimate of drug-likeness (QED) is 0.763. The Morgan fingerprint density at radius 2 is 2.19 bits per heavy atom. The lowest BCUT2D eigenvalue weighted by Gasteiger charge is -2.12. The minimum Gasteiger partial charge on any atom is -0.481 e. The van der Waals surface area contributed by atoms with Gasteiger partial charge in [-0.05, 0) is 18.8 Å². The van der Waals surface area contributed by atoms with Crippen molar-refractivity contribution in [3.63, 3.8) is 0 Å². The van der Waals surface area contributed by atoms with Gasteiger partial charge in [0.05, 0.1) is 31.0 Å². The van der Waals surface area contributed by atoms with E-state index < -0.39 is 5.97 Å². The van der Waals surface area contributed by atoms with Crippen molar-refractivity contribution in [2.45, 2.75) is 18.8 Å². The second-order valence-corrected chi connectivity index (χ2v) is 4.08. The SMILES string of the molecule is COC(=O)c1c(Cl)cnc(OC)c1C1CC1. The third-order valence-corrected chi connectivity index (χ3v) is 2.89. The van der Waals surface area contributed by atoms with Crippen LogP contribution in [0.5, 0.6) is 5.88 Å². The molecule has 1 aromatic heterocycles. The van der Waals surface area contributed by atoms with Gasteiger partial charge in [-0.25, -0.2) is 9.78 Å². The summed E-state index contributed by atoms with van der Waals surface area (Å²) in [6.07, 6.45) is 3.48. The molecule has 0 atom stereocenters. The summed E-state index contributed by atoms with van der Waals surface area (Å²) in [5, 5.41) is 0.314. The highest BCUT2D eigenvalue weighted by Crippen LogP contribution is 2.46. The van der Waals surface area contributed by atoms with Crippen LogP contribution in [-0.2, 0) is 4.74 Å². The van der Waals surface area contributed by atoms with Gasteiger partial charge in [-0.3, -0.25) is 0 Å². The first-order valence-corrected chi connectivity index (χ1v) is 5.37. The van der Waals surface area contributed by atoms with Crippen molar-refractivity contribution >= 4 is 17.6 Å². The summed E-state index contributed by atoms with van der Waals surface area (Å²) in [7, 11) is 2.87. The van der Waals surface area contributed by atoms with Gasteiger partial charge in [0, 0.05) is 5.56 Å². The molecule has 0 bridgehead atoms. The van der Waals surface area contributed by atoms with Gasteiger partial charge in [0.2, 0.25) is 5.88 Å². The van der Waals surface area contributed by atoms with Crippen LogP contribution in [0.15, 0.2) is 6.20 Å². The minimum absolute atomic E-state index is 0.314. The predicted molar refractivity (Wildman–Crippen MR) is 59.1 cm³/mol. The number of aromatic nitrogens is 1. The fourth-order valence-electron chi connectivity index (χ4n) is 1.71. The molecule has 0 unspecified atom stereocenters. The van der Waals surface area contributed by atoms with E-state index in [1.807, 2.05) is 0 Å². The molecule has 1 heterocycles. The maximum Gasteiger partial charge on any atom is 0.339 e. The molecule has 5 heteroatoms. The molecule has 0 spiro atoms. The second-order valence-electron chi connectivity index (χ2n) is 3.67. The standard InChI is InChI=1S/C11H12ClNO3/c1-15-10-8(6-3-4-6)9(11(14)16-2)7(12)5-13-10/h5-6H,3-4H2,1-2H3. The average molecular weight is 242 g/mol. The summed E-state index contributed by atoms with van der Waals surface area (Å²) in [4.78, 5) is 15.7. The van der Waals surface area contributed by atoms with Crippen LogP contribution in [-0.4, -0.2) is 25.2 Å². The van der Waals surface area contributed by atoms with E-state index in [0.29, 0.717) is 22.4 Å². The highest BCUT2D eigenvalue weighted by atomic mass is 35.5. The molecule has 1 aliphatic carbocycles. The Kier molecular flexibility index (Phi) is 3.01. The van der Waals surface area contributed by atoms with Crippen molar-refractivity contribution in [1.29, 1.82) is 0 Å². The highest BCUT2D eigenvalue weighted by molar-refractivity contribution is 6.33. The Hall–Kier alpha value is -1.29. The Labute approximate surface area is 98.5 Å². The zero-order valence-electron chi connectivity index (χ0n) is 9.12. The number of nitrogens with zero attached hydrogens (tertiary/aromatic N) is 1. The third-order valence-electron chi connectivity index (χ3n) is 2.60. The molecule has 16 heavy (non-hydrogen) atoms. The van der Waals surface area contributed by atoms with E-state index in [2.05, 4.69) is 4.98 Å². The number of methoxy groups -OCH3 is 2. The average Bonchev–Trinajstić information content (AvgIpc) is 3.11. The van der Waals surface area contributed by atoms with Crippen LogP contribution in [0.4, 0.5) is 0 Å². The Morgan fingerprint density at radius 1 is 1.50 bits per heavy atom. The molecule has 1 aromatic rings. The lowest BCUT2D eigenvalue weighted by atomic mass is 10.1.